The van der Waals surface area contributed by atoms with Gasteiger partial charge in [-0.05, 0) is 79.6 Å². The minimum atomic E-state index is -0.550. The number of rotatable bonds is 7. The standard InChI is InChI=1S/C20H25IN2O3/c1-20(2,3)26-19(24)23(18-7-4-5-12-22-18)13-6-14-25-15-16-8-10-17(21)11-9-16/h4-5,7-12H,6,13-15H2,1-3H3. The van der Waals surface area contributed by atoms with Crippen molar-refractivity contribution in [3.05, 3.63) is 57.8 Å². The average Bonchev–Trinajstić information content (AvgIpc) is 2.59. The summed E-state index contributed by atoms with van der Waals surface area (Å²) in [6.45, 7) is 7.16. The van der Waals surface area contributed by atoms with Crippen molar-refractivity contribution in [1.82, 2.24) is 4.98 Å². The molecule has 1 aromatic carbocycles. The van der Waals surface area contributed by atoms with Crippen LogP contribution in [0, 0.1) is 3.57 Å². The van der Waals surface area contributed by atoms with Gasteiger partial charge >= 0.3 is 6.09 Å². The van der Waals surface area contributed by atoms with Crippen LogP contribution in [0.15, 0.2) is 48.7 Å². The van der Waals surface area contributed by atoms with Crippen LogP contribution in [0.25, 0.3) is 0 Å². The molecule has 1 aromatic heterocycles. The number of hydrogen-bond donors (Lipinski definition) is 0. The molecule has 0 fully saturated rings. The number of benzene rings is 1. The molecule has 0 atom stereocenters. The first-order valence-corrected chi connectivity index (χ1v) is 9.67. The van der Waals surface area contributed by atoms with E-state index in [0.29, 0.717) is 32.0 Å². The second kappa shape index (κ2) is 9.87. The molecule has 0 spiro atoms. The second-order valence-electron chi connectivity index (χ2n) is 6.85. The third-order valence-corrected chi connectivity index (χ3v) is 4.11. The summed E-state index contributed by atoms with van der Waals surface area (Å²) in [5.41, 5.74) is 0.588. The SMILES string of the molecule is CC(C)(C)OC(=O)N(CCCOCc1ccc(I)cc1)c1ccccn1. The zero-order valence-corrected chi connectivity index (χ0v) is 17.6. The van der Waals surface area contributed by atoms with Crippen molar-refractivity contribution in [3.8, 4) is 0 Å². The molecule has 0 aliphatic carbocycles. The van der Waals surface area contributed by atoms with Crippen LogP contribution in [0.5, 0.6) is 0 Å². The van der Waals surface area contributed by atoms with Crippen molar-refractivity contribution in [3.63, 3.8) is 0 Å². The molecule has 140 valence electrons. The summed E-state index contributed by atoms with van der Waals surface area (Å²) in [4.78, 5) is 18.3. The lowest BCUT2D eigenvalue weighted by atomic mass is 10.2. The first kappa shape index (κ1) is 20.6. The Balaban J connectivity index is 1.86. The number of ether oxygens (including phenoxy) is 2. The van der Waals surface area contributed by atoms with E-state index in [1.165, 1.54) is 3.57 Å². The van der Waals surface area contributed by atoms with Crippen molar-refractivity contribution >= 4 is 34.5 Å². The van der Waals surface area contributed by atoms with Gasteiger partial charge in [0.15, 0.2) is 0 Å². The van der Waals surface area contributed by atoms with E-state index in [0.717, 1.165) is 5.56 Å². The monoisotopic (exact) mass is 468 g/mol. The first-order chi connectivity index (χ1) is 12.3. The van der Waals surface area contributed by atoms with Gasteiger partial charge in [0.1, 0.15) is 11.4 Å². The van der Waals surface area contributed by atoms with E-state index in [9.17, 15) is 4.79 Å². The lowest BCUT2D eigenvalue weighted by Gasteiger charge is -2.26. The van der Waals surface area contributed by atoms with Gasteiger partial charge < -0.3 is 9.47 Å². The molecule has 5 nitrogen and oxygen atoms in total. The molecule has 0 aliphatic rings. The van der Waals surface area contributed by atoms with Crippen LogP contribution < -0.4 is 4.90 Å². The molecule has 2 aromatic rings. The number of anilines is 1. The summed E-state index contributed by atoms with van der Waals surface area (Å²) in [5.74, 6) is 0.583. The Morgan fingerprint density at radius 1 is 1.15 bits per heavy atom. The highest BCUT2D eigenvalue weighted by molar-refractivity contribution is 14.1. The van der Waals surface area contributed by atoms with Gasteiger partial charge in [0.25, 0.3) is 0 Å². The summed E-state index contributed by atoms with van der Waals surface area (Å²) in [7, 11) is 0. The van der Waals surface area contributed by atoms with Crippen LogP contribution in [-0.2, 0) is 16.1 Å². The summed E-state index contributed by atoms with van der Waals surface area (Å²) in [6, 6.07) is 13.7. The highest BCUT2D eigenvalue weighted by Crippen LogP contribution is 2.16. The van der Waals surface area contributed by atoms with E-state index >= 15 is 0 Å². The third-order valence-electron chi connectivity index (χ3n) is 3.39. The Kier molecular flexibility index (Phi) is 7.84. The molecule has 1 heterocycles. The topological polar surface area (TPSA) is 51.7 Å². The van der Waals surface area contributed by atoms with Crippen LogP contribution in [0.3, 0.4) is 0 Å². The molecule has 0 saturated carbocycles. The Morgan fingerprint density at radius 3 is 2.50 bits per heavy atom. The van der Waals surface area contributed by atoms with Crippen molar-refractivity contribution in [2.24, 2.45) is 0 Å². The zero-order valence-electron chi connectivity index (χ0n) is 15.4. The normalized spacial score (nSPS) is 11.2. The molecule has 1 amide bonds. The van der Waals surface area contributed by atoms with E-state index in [1.54, 1.807) is 17.2 Å². The first-order valence-electron chi connectivity index (χ1n) is 8.59. The lowest BCUT2D eigenvalue weighted by molar-refractivity contribution is 0.0572. The molecule has 0 N–H and O–H groups in total. The van der Waals surface area contributed by atoms with Gasteiger partial charge in [0.05, 0.1) is 6.61 Å². The van der Waals surface area contributed by atoms with Crippen molar-refractivity contribution in [2.45, 2.75) is 39.4 Å². The number of amides is 1. The van der Waals surface area contributed by atoms with Crippen LogP contribution in [0.1, 0.15) is 32.8 Å². The van der Waals surface area contributed by atoms with Crippen LogP contribution in [-0.4, -0.2) is 29.8 Å². The van der Waals surface area contributed by atoms with Crippen LogP contribution in [0.4, 0.5) is 10.6 Å². The number of pyridine rings is 1. The fourth-order valence-corrected chi connectivity index (χ4v) is 2.58. The summed E-state index contributed by atoms with van der Waals surface area (Å²) in [6.07, 6.45) is 1.97. The Morgan fingerprint density at radius 2 is 1.88 bits per heavy atom. The van der Waals surface area contributed by atoms with Gasteiger partial charge in [-0.2, -0.15) is 0 Å². The van der Waals surface area contributed by atoms with Gasteiger partial charge in [0, 0.05) is 22.9 Å². The number of nitrogens with zero attached hydrogens (tertiary/aromatic N) is 2. The Hall–Kier alpha value is -1.67. The molecule has 2 rings (SSSR count). The fraction of sp³-hybridized carbons (Fsp3) is 0.400. The van der Waals surface area contributed by atoms with Crippen LogP contribution in [0.2, 0.25) is 0 Å². The molecule has 0 saturated heterocycles. The minimum absolute atomic E-state index is 0.395. The molecular weight excluding hydrogens is 443 g/mol. The number of hydrogen-bond acceptors (Lipinski definition) is 4. The largest absolute Gasteiger partial charge is 0.443 e. The summed E-state index contributed by atoms with van der Waals surface area (Å²) < 4.78 is 12.4. The number of halogens is 1. The van der Waals surface area contributed by atoms with E-state index in [1.807, 2.05) is 32.9 Å². The van der Waals surface area contributed by atoms with Crippen LogP contribution >= 0.6 is 22.6 Å². The van der Waals surface area contributed by atoms with Gasteiger partial charge in [-0.15, -0.1) is 0 Å². The van der Waals surface area contributed by atoms with Gasteiger partial charge in [-0.3, -0.25) is 4.90 Å². The predicted molar refractivity (Wildman–Crippen MR) is 111 cm³/mol. The third kappa shape index (κ3) is 7.29. The van der Waals surface area contributed by atoms with E-state index in [-0.39, 0.29) is 0 Å². The Bertz CT molecular complexity index is 684. The van der Waals surface area contributed by atoms with E-state index < -0.39 is 11.7 Å². The molecule has 0 radical (unpaired) electrons. The maximum absolute atomic E-state index is 12.5. The zero-order chi connectivity index (χ0) is 19.0. The predicted octanol–water partition coefficient (Wildman–Crippen LogP) is 5.03. The van der Waals surface area contributed by atoms with Gasteiger partial charge in [-0.1, -0.05) is 18.2 Å². The van der Waals surface area contributed by atoms with Crippen molar-refractivity contribution < 1.29 is 14.3 Å². The van der Waals surface area contributed by atoms with Crippen molar-refractivity contribution in [2.75, 3.05) is 18.1 Å². The molecular formula is C20H25IN2O3. The molecule has 6 heteroatoms. The second-order valence-corrected chi connectivity index (χ2v) is 8.10. The molecule has 0 unspecified atom stereocenters. The summed E-state index contributed by atoms with van der Waals surface area (Å²) in [5, 5.41) is 0. The van der Waals surface area contributed by atoms with Gasteiger partial charge in [-0.25, -0.2) is 9.78 Å². The molecule has 26 heavy (non-hydrogen) atoms. The summed E-state index contributed by atoms with van der Waals surface area (Å²) >= 11 is 2.28. The lowest BCUT2D eigenvalue weighted by Crippen LogP contribution is -2.38. The smallest absolute Gasteiger partial charge is 0.416 e. The maximum Gasteiger partial charge on any atom is 0.416 e. The molecule has 0 bridgehead atoms. The van der Waals surface area contributed by atoms with Gasteiger partial charge in [0.2, 0.25) is 0 Å². The fourth-order valence-electron chi connectivity index (χ4n) is 2.23. The van der Waals surface area contributed by atoms with E-state index in [2.05, 4.69) is 51.8 Å². The maximum atomic E-state index is 12.5. The quantitative estimate of drug-likeness (QED) is 0.423. The number of aromatic nitrogens is 1. The highest BCUT2D eigenvalue weighted by atomic mass is 127. The molecule has 0 aliphatic heterocycles. The van der Waals surface area contributed by atoms with Crippen molar-refractivity contribution in [1.29, 1.82) is 0 Å². The Labute approximate surface area is 168 Å². The number of carbonyl (C=O) groups excluding carboxylic acids is 1. The highest BCUT2D eigenvalue weighted by Gasteiger charge is 2.23. The minimum Gasteiger partial charge on any atom is -0.443 e. The van der Waals surface area contributed by atoms with E-state index in [4.69, 9.17) is 9.47 Å². The number of carbonyl (C=O) groups is 1. The average molecular weight is 468 g/mol.